The van der Waals surface area contributed by atoms with Gasteiger partial charge in [0.2, 0.25) is 0 Å². The molecule has 0 radical (unpaired) electrons. The number of benzene rings is 1. The van der Waals surface area contributed by atoms with Crippen LogP contribution in [-0.2, 0) is 12.6 Å². The van der Waals surface area contributed by atoms with E-state index < -0.39 is 11.7 Å². The molecule has 0 aliphatic carbocycles. The molecule has 2 nitrogen and oxygen atoms in total. The third-order valence-corrected chi connectivity index (χ3v) is 3.87. The van der Waals surface area contributed by atoms with E-state index >= 15 is 0 Å². The van der Waals surface area contributed by atoms with Crippen molar-refractivity contribution in [1.82, 2.24) is 4.98 Å². The van der Waals surface area contributed by atoms with Crippen LogP contribution in [0.4, 0.5) is 13.2 Å². The lowest BCUT2D eigenvalue weighted by molar-refractivity contribution is -0.139. The molecule has 0 amide bonds. The zero-order chi connectivity index (χ0) is 15.5. The fraction of sp³-hybridized carbons (Fsp3) is 0.267. The molecule has 1 unspecified atom stereocenters. The van der Waals surface area contributed by atoms with Gasteiger partial charge in [-0.05, 0) is 43.2 Å². The Bertz CT molecular complexity index is 598. The predicted octanol–water partition coefficient (Wildman–Crippen LogP) is 4.14. The maximum Gasteiger partial charge on any atom is 0.417 e. The number of hydrogen-bond donors (Lipinski definition) is 1. The number of nitrogens with zero attached hydrogens (tertiary/aromatic N) is 1. The van der Waals surface area contributed by atoms with Crippen molar-refractivity contribution in [2.24, 2.45) is 5.73 Å². The van der Waals surface area contributed by atoms with Crippen LogP contribution in [0.15, 0.2) is 52.5 Å². The van der Waals surface area contributed by atoms with Gasteiger partial charge < -0.3 is 5.73 Å². The summed E-state index contributed by atoms with van der Waals surface area (Å²) in [4.78, 5) is 4.76. The Morgan fingerprint density at radius 2 is 1.86 bits per heavy atom. The van der Waals surface area contributed by atoms with Crippen molar-refractivity contribution in [2.45, 2.75) is 35.4 Å². The van der Waals surface area contributed by atoms with Gasteiger partial charge in [0.15, 0.2) is 0 Å². The number of halogens is 3. The SMILES string of the molecule is CC(N)Cc1ccc(Sc2ccncc2)c(C(F)(F)F)c1. The molecule has 6 heteroatoms. The summed E-state index contributed by atoms with van der Waals surface area (Å²) in [5.74, 6) is 0. The normalized spacial score (nSPS) is 13.2. The number of rotatable bonds is 4. The molecule has 1 heterocycles. The summed E-state index contributed by atoms with van der Waals surface area (Å²) in [6, 6.07) is 7.58. The first-order chi connectivity index (χ1) is 9.86. The maximum atomic E-state index is 13.2. The van der Waals surface area contributed by atoms with Gasteiger partial charge in [0.1, 0.15) is 0 Å². The Hall–Kier alpha value is -1.53. The fourth-order valence-corrected chi connectivity index (χ4v) is 2.85. The summed E-state index contributed by atoms with van der Waals surface area (Å²) in [6.07, 6.45) is -0.855. The molecule has 2 rings (SSSR count). The third-order valence-electron chi connectivity index (χ3n) is 2.78. The lowest BCUT2D eigenvalue weighted by atomic mass is 10.0. The van der Waals surface area contributed by atoms with Crippen molar-refractivity contribution < 1.29 is 13.2 Å². The molecule has 0 saturated carbocycles. The van der Waals surface area contributed by atoms with E-state index in [-0.39, 0.29) is 10.9 Å². The molecular formula is C15H15F3N2S. The van der Waals surface area contributed by atoms with Crippen LogP contribution < -0.4 is 5.73 Å². The highest BCUT2D eigenvalue weighted by Crippen LogP contribution is 2.39. The van der Waals surface area contributed by atoms with Gasteiger partial charge in [-0.2, -0.15) is 13.2 Å². The highest BCUT2D eigenvalue weighted by Gasteiger charge is 2.34. The zero-order valence-electron chi connectivity index (χ0n) is 11.4. The molecule has 1 aromatic carbocycles. The average molecular weight is 312 g/mol. The number of hydrogen-bond acceptors (Lipinski definition) is 3. The summed E-state index contributed by atoms with van der Waals surface area (Å²) in [6.45, 7) is 1.77. The summed E-state index contributed by atoms with van der Waals surface area (Å²) in [5, 5.41) is 0. The largest absolute Gasteiger partial charge is 0.417 e. The monoisotopic (exact) mass is 312 g/mol. The smallest absolute Gasteiger partial charge is 0.328 e. The molecule has 1 aromatic heterocycles. The minimum atomic E-state index is -4.39. The third kappa shape index (κ3) is 4.47. The highest BCUT2D eigenvalue weighted by atomic mass is 32.2. The minimum absolute atomic E-state index is 0.176. The van der Waals surface area contributed by atoms with Gasteiger partial charge in [-0.15, -0.1) is 0 Å². The van der Waals surface area contributed by atoms with E-state index in [9.17, 15) is 13.2 Å². The van der Waals surface area contributed by atoms with Gasteiger partial charge in [0.25, 0.3) is 0 Å². The molecule has 112 valence electrons. The molecule has 0 fully saturated rings. The van der Waals surface area contributed by atoms with Crippen LogP contribution in [0.1, 0.15) is 18.1 Å². The fourth-order valence-electron chi connectivity index (χ4n) is 1.92. The Balaban J connectivity index is 2.36. The Labute approximate surface area is 125 Å². The molecule has 0 spiro atoms. The van der Waals surface area contributed by atoms with Crippen molar-refractivity contribution in [1.29, 1.82) is 0 Å². The molecule has 0 aliphatic rings. The van der Waals surface area contributed by atoms with Gasteiger partial charge in [-0.3, -0.25) is 4.98 Å². The Morgan fingerprint density at radius 3 is 2.43 bits per heavy atom. The molecule has 1 atom stereocenters. The van der Waals surface area contributed by atoms with E-state index in [0.29, 0.717) is 12.0 Å². The summed E-state index contributed by atoms with van der Waals surface area (Å²) >= 11 is 1.08. The maximum absolute atomic E-state index is 13.2. The first-order valence-electron chi connectivity index (χ1n) is 6.40. The van der Waals surface area contributed by atoms with E-state index in [1.807, 2.05) is 0 Å². The van der Waals surface area contributed by atoms with E-state index in [0.717, 1.165) is 16.7 Å². The first-order valence-corrected chi connectivity index (χ1v) is 7.21. The van der Waals surface area contributed by atoms with Crippen LogP contribution in [0, 0.1) is 0 Å². The molecule has 0 aliphatic heterocycles. The van der Waals surface area contributed by atoms with Crippen molar-refractivity contribution in [2.75, 3.05) is 0 Å². The lowest BCUT2D eigenvalue weighted by Gasteiger charge is -2.15. The van der Waals surface area contributed by atoms with Crippen molar-refractivity contribution in [3.8, 4) is 0 Å². The Morgan fingerprint density at radius 1 is 1.19 bits per heavy atom. The number of nitrogens with two attached hydrogens (primary N) is 1. The molecule has 0 saturated heterocycles. The van der Waals surface area contributed by atoms with Crippen LogP contribution >= 0.6 is 11.8 Å². The Kier molecular flexibility index (Phi) is 4.90. The second-order valence-electron chi connectivity index (χ2n) is 4.79. The van der Waals surface area contributed by atoms with Crippen LogP contribution in [0.3, 0.4) is 0 Å². The van der Waals surface area contributed by atoms with Crippen LogP contribution in [0.5, 0.6) is 0 Å². The van der Waals surface area contributed by atoms with Gasteiger partial charge in [0, 0.05) is 28.2 Å². The van der Waals surface area contributed by atoms with Crippen molar-refractivity contribution >= 4 is 11.8 Å². The number of aromatic nitrogens is 1. The van der Waals surface area contributed by atoms with E-state index in [2.05, 4.69) is 4.98 Å². The summed E-state index contributed by atoms with van der Waals surface area (Å²) < 4.78 is 39.6. The second kappa shape index (κ2) is 6.49. The average Bonchev–Trinajstić information content (AvgIpc) is 2.40. The quantitative estimate of drug-likeness (QED) is 0.922. The van der Waals surface area contributed by atoms with Crippen molar-refractivity contribution in [3.05, 3.63) is 53.9 Å². The lowest BCUT2D eigenvalue weighted by Crippen LogP contribution is -2.18. The zero-order valence-corrected chi connectivity index (χ0v) is 12.2. The number of alkyl halides is 3. The summed E-state index contributed by atoms with van der Waals surface area (Å²) in [5.41, 5.74) is 5.62. The molecular weight excluding hydrogens is 297 g/mol. The van der Waals surface area contributed by atoms with Gasteiger partial charge in [-0.25, -0.2) is 0 Å². The topological polar surface area (TPSA) is 38.9 Å². The van der Waals surface area contributed by atoms with Crippen LogP contribution in [0.2, 0.25) is 0 Å². The van der Waals surface area contributed by atoms with Gasteiger partial charge >= 0.3 is 6.18 Å². The predicted molar refractivity (Wildman–Crippen MR) is 77.2 cm³/mol. The highest BCUT2D eigenvalue weighted by molar-refractivity contribution is 7.99. The van der Waals surface area contributed by atoms with Crippen LogP contribution in [0.25, 0.3) is 0 Å². The molecule has 0 bridgehead atoms. The standard InChI is InChI=1S/C15H15F3N2S/c1-10(19)8-11-2-3-14(13(9-11)15(16,17)18)21-12-4-6-20-7-5-12/h2-7,9-10H,8,19H2,1H3. The number of pyridine rings is 1. The van der Waals surface area contributed by atoms with E-state index in [1.54, 1.807) is 37.5 Å². The van der Waals surface area contributed by atoms with Gasteiger partial charge in [-0.1, -0.05) is 17.8 Å². The molecule has 21 heavy (non-hydrogen) atoms. The second-order valence-corrected chi connectivity index (χ2v) is 5.91. The minimum Gasteiger partial charge on any atom is -0.328 e. The van der Waals surface area contributed by atoms with Gasteiger partial charge in [0.05, 0.1) is 5.56 Å². The van der Waals surface area contributed by atoms with Crippen LogP contribution in [-0.4, -0.2) is 11.0 Å². The first kappa shape index (κ1) is 15.9. The van der Waals surface area contributed by atoms with E-state index in [1.165, 1.54) is 12.1 Å². The van der Waals surface area contributed by atoms with Crippen molar-refractivity contribution in [3.63, 3.8) is 0 Å². The van der Waals surface area contributed by atoms with E-state index in [4.69, 9.17) is 5.73 Å². The molecule has 2 N–H and O–H groups in total. The molecule has 2 aromatic rings. The summed E-state index contributed by atoms with van der Waals surface area (Å²) in [7, 11) is 0.